The monoisotopic (exact) mass is 380 g/mol. The standard InChI is InChI=1S/C22H44N4O/c1-4-27-17-13-22(11-5-6-12-22)19-25-21(23-3)24-14-7-8-15-26-16-9-10-20(2)18-26/h20H,4-19H2,1-3H3,(H2,23,24,25). The second-order valence-electron chi connectivity index (χ2n) is 8.76. The highest BCUT2D eigenvalue weighted by atomic mass is 16.5. The first kappa shape index (κ1) is 22.5. The van der Waals surface area contributed by atoms with Crippen LogP contribution in [-0.4, -0.2) is 63.8 Å². The molecule has 1 aliphatic heterocycles. The van der Waals surface area contributed by atoms with Crippen LogP contribution < -0.4 is 10.6 Å². The molecule has 1 aliphatic carbocycles. The first-order valence-electron chi connectivity index (χ1n) is 11.4. The van der Waals surface area contributed by atoms with Crippen LogP contribution in [0.15, 0.2) is 4.99 Å². The first-order valence-corrected chi connectivity index (χ1v) is 11.4. The van der Waals surface area contributed by atoms with Gasteiger partial charge in [0.05, 0.1) is 0 Å². The van der Waals surface area contributed by atoms with Gasteiger partial charge in [0.15, 0.2) is 5.96 Å². The molecular weight excluding hydrogens is 336 g/mol. The molecule has 0 aromatic heterocycles. The summed E-state index contributed by atoms with van der Waals surface area (Å²) in [6.07, 6.45) is 11.8. The number of likely N-dealkylation sites (tertiary alicyclic amines) is 1. The van der Waals surface area contributed by atoms with Crippen molar-refractivity contribution in [2.24, 2.45) is 16.3 Å². The fraction of sp³-hybridized carbons (Fsp3) is 0.955. The number of piperidine rings is 1. The number of hydrogen-bond acceptors (Lipinski definition) is 3. The van der Waals surface area contributed by atoms with Crippen molar-refractivity contribution in [1.29, 1.82) is 0 Å². The minimum Gasteiger partial charge on any atom is -0.382 e. The number of nitrogens with zero attached hydrogens (tertiary/aromatic N) is 2. The van der Waals surface area contributed by atoms with E-state index in [1.807, 2.05) is 7.05 Å². The summed E-state index contributed by atoms with van der Waals surface area (Å²) >= 11 is 0. The summed E-state index contributed by atoms with van der Waals surface area (Å²) in [4.78, 5) is 7.07. The zero-order chi connectivity index (χ0) is 19.4. The van der Waals surface area contributed by atoms with E-state index in [0.29, 0.717) is 5.41 Å². The van der Waals surface area contributed by atoms with Crippen LogP contribution in [0.5, 0.6) is 0 Å². The molecule has 0 radical (unpaired) electrons. The van der Waals surface area contributed by atoms with Gasteiger partial charge in [-0.2, -0.15) is 0 Å². The lowest BCUT2D eigenvalue weighted by Crippen LogP contribution is -2.43. The van der Waals surface area contributed by atoms with Gasteiger partial charge in [0.1, 0.15) is 0 Å². The van der Waals surface area contributed by atoms with Gasteiger partial charge in [-0.05, 0) is 76.3 Å². The SMILES string of the molecule is CCOCCC1(CNC(=NC)NCCCCN2CCCC(C)C2)CCCC1. The summed E-state index contributed by atoms with van der Waals surface area (Å²) in [5, 5.41) is 7.11. The summed E-state index contributed by atoms with van der Waals surface area (Å²) in [5.74, 6) is 1.84. The molecule has 1 heterocycles. The van der Waals surface area contributed by atoms with Gasteiger partial charge in [0.25, 0.3) is 0 Å². The van der Waals surface area contributed by atoms with E-state index >= 15 is 0 Å². The average Bonchev–Trinajstić information content (AvgIpc) is 3.13. The van der Waals surface area contributed by atoms with Crippen molar-refractivity contribution in [2.75, 3.05) is 53.0 Å². The van der Waals surface area contributed by atoms with Crippen molar-refractivity contribution in [1.82, 2.24) is 15.5 Å². The molecule has 0 aromatic rings. The number of ether oxygens (including phenoxy) is 1. The number of guanidine groups is 1. The van der Waals surface area contributed by atoms with Crippen molar-refractivity contribution < 1.29 is 4.74 Å². The van der Waals surface area contributed by atoms with Crippen LogP contribution in [0, 0.1) is 11.3 Å². The number of aliphatic imine (C=N–C) groups is 1. The third-order valence-electron chi connectivity index (χ3n) is 6.43. The zero-order valence-electron chi connectivity index (χ0n) is 18.2. The Labute approximate surface area is 167 Å². The molecule has 0 bridgehead atoms. The van der Waals surface area contributed by atoms with Gasteiger partial charge in [-0.25, -0.2) is 0 Å². The van der Waals surface area contributed by atoms with Crippen LogP contribution in [0.25, 0.3) is 0 Å². The molecule has 5 nitrogen and oxygen atoms in total. The Kier molecular flexibility index (Phi) is 10.5. The topological polar surface area (TPSA) is 48.9 Å². The lowest BCUT2D eigenvalue weighted by molar-refractivity contribution is 0.105. The molecule has 2 aliphatic rings. The van der Waals surface area contributed by atoms with Crippen LogP contribution >= 0.6 is 0 Å². The second kappa shape index (κ2) is 12.6. The molecule has 158 valence electrons. The minimum atomic E-state index is 0.401. The quantitative estimate of drug-likeness (QED) is 0.326. The third kappa shape index (κ3) is 8.39. The summed E-state index contributed by atoms with van der Waals surface area (Å²) in [5.41, 5.74) is 0.401. The van der Waals surface area contributed by atoms with Gasteiger partial charge in [-0.15, -0.1) is 0 Å². The molecule has 0 aromatic carbocycles. The lowest BCUT2D eigenvalue weighted by atomic mass is 9.83. The molecule has 2 N–H and O–H groups in total. The predicted octanol–water partition coefficient (Wildman–Crippen LogP) is 3.65. The van der Waals surface area contributed by atoms with Gasteiger partial charge in [0, 0.05) is 39.9 Å². The van der Waals surface area contributed by atoms with Crippen molar-refractivity contribution in [3.63, 3.8) is 0 Å². The summed E-state index contributed by atoms with van der Waals surface area (Å²) < 4.78 is 5.62. The van der Waals surface area contributed by atoms with Crippen molar-refractivity contribution in [3.8, 4) is 0 Å². The second-order valence-corrected chi connectivity index (χ2v) is 8.76. The molecule has 1 saturated carbocycles. The third-order valence-corrected chi connectivity index (χ3v) is 6.43. The van der Waals surface area contributed by atoms with Crippen LogP contribution in [0.2, 0.25) is 0 Å². The van der Waals surface area contributed by atoms with Crippen LogP contribution in [-0.2, 0) is 4.74 Å². The predicted molar refractivity (Wildman–Crippen MR) is 115 cm³/mol. The van der Waals surface area contributed by atoms with E-state index < -0.39 is 0 Å². The van der Waals surface area contributed by atoms with Gasteiger partial charge >= 0.3 is 0 Å². The minimum absolute atomic E-state index is 0.401. The van der Waals surface area contributed by atoms with E-state index in [2.05, 4.69) is 34.4 Å². The Hall–Kier alpha value is -0.810. The molecule has 0 spiro atoms. The molecule has 0 amide bonds. The number of hydrogen-bond donors (Lipinski definition) is 2. The highest BCUT2D eigenvalue weighted by molar-refractivity contribution is 5.79. The maximum absolute atomic E-state index is 5.62. The van der Waals surface area contributed by atoms with Crippen molar-refractivity contribution >= 4 is 5.96 Å². The fourth-order valence-electron chi connectivity index (χ4n) is 4.72. The van der Waals surface area contributed by atoms with Crippen molar-refractivity contribution in [2.45, 2.75) is 71.6 Å². The first-order chi connectivity index (χ1) is 13.2. The van der Waals surface area contributed by atoms with E-state index in [1.54, 1.807) is 0 Å². The molecule has 5 heteroatoms. The molecule has 1 unspecified atom stereocenters. The number of rotatable bonds is 11. The molecule has 1 atom stereocenters. The Balaban J connectivity index is 1.60. The molecule has 2 rings (SSSR count). The zero-order valence-corrected chi connectivity index (χ0v) is 18.2. The Morgan fingerprint density at radius 2 is 2.00 bits per heavy atom. The highest BCUT2D eigenvalue weighted by Crippen LogP contribution is 2.40. The van der Waals surface area contributed by atoms with E-state index in [4.69, 9.17) is 4.74 Å². The van der Waals surface area contributed by atoms with Crippen LogP contribution in [0.3, 0.4) is 0 Å². The van der Waals surface area contributed by atoms with Gasteiger partial charge < -0.3 is 20.3 Å². The number of nitrogens with one attached hydrogen (secondary N) is 2. The largest absolute Gasteiger partial charge is 0.382 e. The van der Waals surface area contributed by atoms with E-state index in [1.165, 1.54) is 77.4 Å². The van der Waals surface area contributed by atoms with Crippen LogP contribution in [0.1, 0.15) is 71.6 Å². The van der Waals surface area contributed by atoms with E-state index in [9.17, 15) is 0 Å². The summed E-state index contributed by atoms with van der Waals surface area (Å²) in [6, 6.07) is 0. The van der Waals surface area contributed by atoms with Crippen LogP contribution in [0.4, 0.5) is 0 Å². The maximum Gasteiger partial charge on any atom is 0.190 e. The molecule has 2 fully saturated rings. The van der Waals surface area contributed by atoms with Gasteiger partial charge in [-0.1, -0.05) is 19.8 Å². The number of unbranched alkanes of at least 4 members (excludes halogenated alkanes) is 1. The normalized spacial score (nSPS) is 23.5. The molecule has 1 saturated heterocycles. The maximum atomic E-state index is 5.62. The summed E-state index contributed by atoms with van der Waals surface area (Å²) in [6.45, 7) is 12.0. The molecule has 27 heavy (non-hydrogen) atoms. The van der Waals surface area contributed by atoms with Crippen molar-refractivity contribution in [3.05, 3.63) is 0 Å². The smallest absolute Gasteiger partial charge is 0.190 e. The Morgan fingerprint density at radius 1 is 1.19 bits per heavy atom. The Bertz CT molecular complexity index is 421. The fourth-order valence-corrected chi connectivity index (χ4v) is 4.72. The van der Waals surface area contributed by atoms with E-state index in [0.717, 1.165) is 38.2 Å². The van der Waals surface area contributed by atoms with Gasteiger partial charge in [0.2, 0.25) is 0 Å². The average molecular weight is 381 g/mol. The Morgan fingerprint density at radius 3 is 2.70 bits per heavy atom. The van der Waals surface area contributed by atoms with Gasteiger partial charge in [-0.3, -0.25) is 4.99 Å². The molecular formula is C22H44N4O. The van der Waals surface area contributed by atoms with E-state index in [-0.39, 0.29) is 0 Å². The summed E-state index contributed by atoms with van der Waals surface area (Å²) in [7, 11) is 1.88. The lowest BCUT2D eigenvalue weighted by Gasteiger charge is -2.31. The highest BCUT2D eigenvalue weighted by Gasteiger charge is 2.33.